The number of nitriles is 1. The van der Waals surface area contributed by atoms with Crippen molar-refractivity contribution in [3.63, 3.8) is 0 Å². The number of hydrazone groups is 1. The minimum Gasteiger partial charge on any atom is -0.378 e. The standard InChI is InChI=1S/C21H23N5O/c1-24(2)16-12-10-15(11-13-16)18(14-22)19-20(25(3)4)23-26(21(19)27)17-8-6-5-7-9-17/h5-13,18-19H,1-4H3. The molecule has 6 nitrogen and oxygen atoms in total. The molecule has 0 N–H and O–H groups in total. The zero-order valence-electron chi connectivity index (χ0n) is 16.0. The van der Waals surface area contributed by atoms with Crippen LogP contribution in [0.3, 0.4) is 0 Å². The van der Waals surface area contributed by atoms with Gasteiger partial charge in [0.2, 0.25) is 0 Å². The monoisotopic (exact) mass is 361 g/mol. The van der Waals surface area contributed by atoms with E-state index < -0.39 is 11.8 Å². The lowest BCUT2D eigenvalue weighted by molar-refractivity contribution is -0.120. The molecule has 2 aromatic rings. The normalized spacial score (nSPS) is 17.3. The first-order valence-electron chi connectivity index (χ1n) is 8.75. The second-order valence-corrected chi connectivity index (χ2v) is 6.91. The molecule has 6 heteroatoms. The van der Waals surface area contributed by atoms with Gasteiger partial charge < -0.3 is 9.80 Å². The Morgan fingerprint density at radius 2 is 1.63 bits per heavy atom. The van der Waals surface area contributed by atoms with Gasteiger partial charge in [-0.2, -0.15) is 15.4 Å². The van der Waals surface area contributed by atoms with Crippen LogP contribution in [0, 0.1) is 17.2 Å². The lowest BCUT2D eigenvalue weighted by atomic mass is 9.85. The summed E-state index contributed by atoms with van der Waals surface area (Å²) < 4.78 is 0. The van der Waals surface area contributed by atoms with Gasteiger partial charge in [-0.1, -0.05) is 30.3 Å². The first-order valence-corrected chi connectivity index (χ1v) is 8.75. The van der Waals surface area contributed by atoms with Crippen LogP contribution in [0.5, 0.6) is 0 Å². The van der Waals surface area contributed by atoms with Crippen molar-refractivity contribution in [1.29, 1.82) is 5.26 Å². The van der Waals surface area contributed by atoms with E-state index in [4.69, 9.17) is 0 Å². The minimum absolute atomic E-state index is 0.187. The summed E-state index contributed by atoms with van der Waals surface area (Å²) in [6, 6.07) is 19.4. The van der Waals surface area contributed by atoms with Gasteiger partial charge in [-0.25, -0.2) is 0 Å². The summed E-state index contributed by atoms with van der Waals surface area (Å²) in [4.78, 5) is 17.0. The molecule has 0 radical (unpaired) electrons. The zero-order chi connectivity index (χ0) is 19.6. The first kappa shape index (κ1) is 18.5. The van der Waals surface area contributed by atoms with Crippen LogP contribution in [0.25, 0.3) is 0 Å². The Balaban J connectivity index is 1.98. The van der Waals surface area contributed by atoms with Crippen molar-refractivity contribution in [2.24, 2.45) is 11.0 Å². The summed E-state index contributed by atoms with van der Waals surface area (Å²) in [7, 11) is 7.62. The molecule has 27 heavy (non-hydrogen) atoms. The summed E-state index contributed by atoms with van der Waals surface area (Å²) >= 11 is 0. The predicted molar refractivity (Wildman–Crippen MR) is 108 cm³/mol. The third-order valence-corrected chi connectivity index (χ3v) is 4.66. The summed E-state index contributed by atoms with van der Waals surface area (Å²) in [6.07, 6.45) is 0. The molecular formula is C21H23N5O. The highest BCUT2D eigenvalue weighted by Crippen LogP contribution is 2.34. The molecule has 0 aromatic heterocycles. The largest absolute Gasteiger partial charge is 0.378 e. The molecule has 1 heterocycles. The number of amides is 1. The van der Waals surface area contributed by atoms with Crippen LogP contribution < -0.4 is 9.91 Å². The van der Waals surface area contributed by atoms with E-state index in [9.17, 15) is 10.1 Å². The van der Waals surface area contributed by atoms with Crippen molar-refractivity contribution < 1.29 is 4.79 Å². The molecule has 0 saturated heterocycles. The van der Waals surface area contributed by atoms with Crippen LogP contribution in [-0.2, 0) is 4.79 Å². The van der Waals surface area contributed by atoms with E-state index in [-0.39, 0.29) is 5.91 Å². The molecule has 1 aliphatic rings. The van der Waals surface area contributed by atoms with E-state index in [1.165, 1.54) is 5.01 Å². The zero-order valence-corrected chi connectivity index (χ0v) is 16.0. The Morgan fingerprint density at radius 3 is 2.15 bits per heavy atom. The van der Waals surface area contributed by atoms with Gasteiger partial charge in [0.15, 0.2) is 0 Å². The lowest BCUT2D eigenvalue weighted by Crippen LogP contribution is -2.36. The van der Waals surface area contributed by atoms with E-state index in [1.807, 2.05) is 92.6 Å². The molecule has 3 rings (SSSR count). The van der Waals surface area contributed by atoms with E-state index in [0.29, 0.717) is 11.5 Å². The Morgan fingerprint density at radius 1 is 1.00 bits per heavy atom. The van der Waals surface area contributed by atoms with Gasteiger partial charge in [-0.3, -0.25) is 4.79 Å². The number of para-hydroxylation sites is 1. The van der Waals surface area contributed by atoms with Crippen LogP contribution in [0.2, 0.25) is 0 Å². The Bertz CT molecular complexity index is 881. The van der Waals surface area contributed by atoms with E-state index in [1.54, 1.807) is 0 Å². The molecular weight excluding hydrogens is 338 g/mol. The highest BCUT2D eigenvalue weighted by Gasteiger charge is 2.43. The van der Waals surface area contributed by atoms with Crippen LogP contribution in [-0.4, -0.2) is 44.8 Å². The fraction of sp³-hybridized carbons (Fsp3) is 0.286. The maximum atomic E-state index is 13.2. The van der Waals surface area contributed by atoms with Gasteiger partial charge in [-0.15, -0.1) is 0 Å². The molecule has 2 atom stereocenters. The van der Waals surface area contributed by atoms with E-state index in [2.05, 4.69) is 11.2 Å². The third kappa shape index (κ3) is 3.49. The molecule has 0 bridgehead atoms. The predicted octanol–water partition coefficient (Wildman–Crippen LogP) is 2.90. The number of hydrogen-bond donors (Lipinski definition) is 0. The molecule has 1 amide bonds. The molecule has 2 aromatic carbocycles. The number of nitrogens with zero attached hydrogens (tertiary/aromatic N) is 5. The molecule has 0 fully saturated rings. The van der Waals surface area contributed by atoms with Crippen molar-refractivity contribution in [3.05, 3.63) is 60.2 Å². The molecule has 1 aliphatic heterocycles. The van der Waals surface area contributed by atoms with Gasteiger partial charge in [0, 0.05) is 33.9 Å². The number of anilines is 2. The quantitative estimate of drug-likeness (QED) is 0.840. The third-order valence-electron chi connectivity index (χ3n) is 4.66. The molecule has 0 saturated carbocycles. The fourth-order valence-corrected chi connectivity index (χ4v) is 3.19. The number of hydrogen-bond acceptors (Lipinski definition) is 5. The lowest BCUT2D eigenvalue weighted by Gasteiger charge is -2.22. The number of carbonyl (C=O) groups excluding carboxylic acids is 1. The first-order chi connectivity index (χ1) is 12.9. The van der Waals surface area contributed by atoms with Crippen molar-refractivity contribution >= 4 is 23.1 Å². The number of rotatable bonds is 4. The molecule has 2 unspecified atom stereocenters. The molecule has 0 aliphatic carbocycles. The number of benzene rings is 2. The topological polar surface area (TPSA) is 62.9 Å². The van der Waals surface area contributed by atoms with Gasteiger partial charge in [0.25, 0.3) is 5.91 Å². The van der Waals surface area contributed by atoms with Crippen LogP contribution in [0.15, 0.2) is 59.7 Å². The highest BCUT2D eigenvalue weighted by atomic mass is 16.2. The Kier molecular flexibility index (Phi) is 5.13. The number of amidine groups is 1. The Labute approximate surface area is 159 Å². The van der Waals surface area contributed by atoms with E-state index in [0.717, 1.165) is 11.3 Å². The summed E-state index contributed by atoms with van der Waals surface area (Å²) in [5.41, 5.74) is 2.55. The van der Waals surface area contributed by atoms with Gasteiger partial charge in [0.05, 0.1) is 17.7 Å². The summed E-state index contributed by atoms with van der Waals surface area (Å²) in [5.74, 6) is -0.848. The molecule has 0 spiro atoms. The van der Waals surface area contributed by atoms with Crippen molar-refractivity contribution in [1.82, 2.24) is 4.90 Å². The van der Waals surface area contributed by atoms with Crippen LogP contribution in [0.1, 0.15) is 11.5 Å². The van der Waals surface area contributed by atoms with Crippen LogP contribution in [0.4, 0.5) is 11.4 Å². The van der Waals surface area contributed by atoms with Gasteiger partial charge in [-0.05, 0) is 29.8 Å². The van der Waals surface area contributed by atoms with E-state index >= 15 is 0 Å². The SMILES string of the molecule is CN(C)C1=NN(c2ccccc2)C(=O)C1C(C#N)c1ccc(N(C)C)cc1. The van der Waals surface area contributed by atoms with Crippen molar-refractivity contribution in [2.45, 2.75) is 5.92 Å². The maximum Gasteiger partial charge on any atom is 0.259 e. The maximum absolute atomic E-state index is 13.2. The molecule has 138 valence electrons. The number of carbonyl (C=O) groups is 1. The summed E-state index contributed by atoms with van der Waals surface area (Å²) in [6.45, 7) is 0. The fourth-order valence-electron chi connectivity index (χ4n) is 3.19. The Hall–Kier alpha value is -3.33. The highest BCUT2D eigenvalue weighted by molar-refractivity contribution is 6.15. The van der Waals surface area contributed by atoms with Gasteiger partial charge >= 0.3 is 0 Å². The van der Waals surface area contributed by atoms with Crippen molar-refractivity contribution in [3.8, 4) is 6.07 Å². The average Bonchev–Trinajstić information content (AvgIpc) is 3.01. The second-order valence-electron chi connectivity index (χ2n) is 6.91. The van der Waals surface area contributed by atoms with Crippen LogP contribution >= 0.6 is 0 Å². The summed E-state index contributed by atoms with van der Waals surface area (Å²) in [5, 5.41) is 15.8. The average molecular weight is 361 g/mol. The van der Waals surface area contributed by atoms with Gasteiger partial charge in [0.1, 0.15) is 11.8 Å². The second kappa shape index (κ2) is 7.50. The smallest absolute Gasteiger partial charge is 0.259 e. The van der Waals surface area contributed by atoms with Crippen molar-refractivity contribution in [2.75, 3.05) is 38.1 Å². The minimum atomic E-state index is -0.643.